The second kappa shape index (κ2) is 7.03. The van der Waals surface area contributed by atoms with Crippen LogP contribution < -0.4 is 20.5 Å². The molecule has 6 heteroatoms. The van der Waals surface area contributed by atoms with Crippen molar-refractivity contribution in [3.63, 3.8) is 0 Å². The lowest BCUT2D eigenvalue weighted by Crippen LogP contribution is -2.30. The minimum atomic E-state index is -0.263. The van der Waals surface area contributed by atoms with Crippen LogP contribution in [0.5, 0.6) is 11.5 Å². The lowest BCUT2D eigenvalue weighted by atomic mass is 9.89. The Bertz CT molecular complexity index is 1100. The number of hydrogen-bond donors (Lipinski definition) is 1. The number of anilines is 2. The first-order chi connectivity index (χ1) is 13.5. The number of benzene rings is 2. The fourth-order valence-corrected chi connectivity index (χ4v) is 3.72. The van der Waals surface area contributed by atoms with Gasteiger partial charge in [-0.05, 0) is 36.2 Å². The van der Waals surface area contributed by atoms with Gasteiger partial charge >= 0.3 is 5.69 Å². The van der Waals surface area contributed by atoms with E-state index in [9.17, 15) is 4.79 Å². The van der Waals surface area contributed by atoms with Crippen LogP contribution in [0, 0.1) is 6.92 Å². The number of hydrogen-bond acceptors (Lipinski definition) is 5. The topological polar surface area (TPSA) is 65.4 Å². The number of nitrogens with one attached hydrogen (secondary N) is 1. The third-order valence-electron chi connectivity index (χ3n) is 5.24. The van der Waals surface area contributed by atoms with E-state index in [1.807, 2.05) is 49.4 Å². The van der Waals surface area contributed by atoms with Crippen molar-refractivity contribution in [2.75, 3.05) is 19.5 Å². The second-order valence-corrected chi connectivity index (χ2v) is 7.06. The van der Waals surface area contributed by atoms with E-state index in [4.69, 9.17) is 9.47 Å². The van der Waals surface area contributed by atoms with Crippen molar-refractivity contribution < 1.29 is 9.47 Å². The average molecular weight is 377 g/mol. The number of ether oxygens (including phenoxy) is 2. The first kappa shape index (κ1) is 18.1. The summed E-state index contributed by atoms with van der Waals surface area (Å²) in [5.74, 6) is 2.02. The zero-order chi connectivity index (χ0) is 19.8. The highest BCUT2D eigenvalue weighted by Gasteiger charge is 2.26. The van der Waals surface area contributed by atoms with E-state index in [0.717, 1.165) is 28.1 Å². The zero-order valence-corrected chi connectivity index (χ0v) is 16.4. The summed E-state index contributed by atoms with van der Waals surface area (Å²) in [7, 11) is 3.24. The summed E-state index contributed by atoms with van der Waals surface area (Å²) in [5, 5.41) is 3.28. The number of aromatic nitrogens is 2. The zero-order valence-electron chi connectivity index (χ0n) is 16.4. The van der Waals surface area contributed by atoms with Gasteiger partial charge in [-0.2, -0.15) is 4.98 Å². The molecule has 1 aliphatic rings. The van der Waals surface area contributed by atoms with E-state index >= 15 is 0 Å². The lowest BCUT2D eigenvalue weighted by Gasteiger charge is -2.28. The molecule has 0 fully saturated rings. The van der Waals surface area contributed by atoms with Gasteiger partial charge in [0.1, 0.15) is 5.82 Å². The van der Waals surface area contributed by atoms with E-state index in [2.05, 4.69) is 17.2 Å². The van der Waals surface area contributed by atoms with Crippen molar-refractivity contribution in [2.24, 2.45) is 0 Å². The summed E-state index contributed by atoms with van der Waals surface area (Å²) in [4.78, 5) is 17.0. The maximum atomic E-state index is 12.7. The van der Waals surface area contributed by atoms with Crippen LogP contribution in [0.2, 0.25) is 0 Å². The van der Waals surface area contributed by atoms with Crippen LogP contribution in [0.25, 0.3) is 11.3 Å². The molecule has 4 rings (SSSR count). The monoisotopic (exact) mass is 377 g/mol. The van der Waals surface area contributed by atoms with Crippen LogP contribution in [-0.4, -0.2) is 23.8 Å². The number of methoxy groups -OCH3 is 2. The van der Waals surface area contributed by atoms with Gasteiger partial charge in [0.25, 0.3) is 0 Å². The summed E-state index contributed by atoms with van der Waals surface area (Å²) in [6.07, 6.45) is 0. The third-order valence-corrected chi connectivity index (χ3v) is 5.24. The van der Waals surface area contributed by atoms with Crippen LogP contribution in [0.4, 0.5) is 11.5 Å². The molecule has 0 saturated heterocycles. The van der Waals surface area contributed by atoms with Crippen molar-refractivity contribution in [2.45, 2.75) is 26.3 Å². The minimum Gasteiger partial charge on any atom is -0.493 e. The molecule has 144 valence electrons. The number of rotatable bonds is 4. The minimum absolute atomic E-state index is 0.164. The maximum Gasteiger partial charge on any atom is 0.350 e. The van der Waals surface area contributed by atoms with Crippen LogP contribution in [0.15, 0.2) is 47.3 Å². The molecule has 1 N–H and O–H groups in total. The van der Waals surface area contributed by atoms with Gasteiger partial charge in [0.2, 0.25) is 0 Å². The Balaban J connectivity index is 1.87. The molecule has 0 saturated carbocycles. The van der Waals surface area contributed by atoms with Crippen molar-refractivity contribution >= 4 is 11.5 Å². The van der Waals surface area contributed by atoms with Crippen molar-refractivity contribution in [3.05, 3.63) is 64.1 Å². The second-order valence-electron chi connectivity index (χ2n) is 7.06. The first-order valence-corrected chi connectivity index (χ1v) is 9.22. The molecule has 1 aliphatic heterocycles. The molecule has 0 amide bonds. The standard InChI is InChI=1S/C22H23N3O3/c1-13-7-5-6-8-17(13)23-21-11-18-16-10-20(28-4)19(27-3)9-15(16)14(2)12-25(18)22(26)24-21/h5-11,14H,12H2,1-4H3,(H,23,24,26). The van der Waals surface area contributed by atoms with Gasteiger partial charge in [0, 0.05) is 29.8 Å². The Morgan fingerprint density at radius 2 is 1.82 bits per heavy atom. The van der Waals surface area contributed by atoms with Crippen molar-refractivity contribution in [1.82, 2.24) is 9.55 Å². The molecule has 0 radical (unpaired) electrons. The normalized spacial score (nSPS) is 14.8. The molecule has 1 atom stereocenters. The summed E-state index contributed by atoms with van der Waals surface area (Å²) in [6.45, 7) is 4.69. The molecule has 28 heavy (non-hydrogen) atoms. The van der Waals surface area contributed by atoms with Gasteiger partial charge < -0.3 is 14.8 Å². The molecule has 2 aromatic carbocycles. The van der Waals surface area contributed by atoms with E-state index in [-0.39, 0.29) is 11.6 Å². The molecule has 2 heterocycles. The van der Waals surface area contributed by atoms with Gasteiger partial charge in [-0.25, -0.2) is 4.79 Å². The summed E-state index contributed by atoms with van der Waals surface area (Å²) in [5.41, 5.74) is 4.67. The fraction of sp³-hybridized carbons (Fsp3) is 0.273. The molecule has 3 aromatic rings. The van der Waals surface area contributed by atoms with E-state index in [0.29, 0.717) is 23.9 Å². The molecule has 1 aromatic heterocycles. The molecular weight excluding hydrogens is 354 g/mol. The molecule has 1 unspecified atom stereocenters. The lowest BCUT2D eigenvalue weighted by molar-refractivity contribution is 0.354. The summed E-state index contributed by atoms with van der Waals surface area (Å²) in [6, 6.07) is 13.8. The summed E-state index contributed by atoms with van der Waals surface area (Å²) >= 11 is 0. The van der Waals surface area contributed by atoms with Gasteiger partial charge in [-0.3, -0.25) is 4.57 Å². The highest BCUT2D eigenvalue weighted by atomic mass is 16.5. The molecule has 0 aliphatic carbocycles. The van der Waals surface area contributed by atoms with E-state index in [1.165, 1.54) is 0 Å². The smallest absolute Gasteiger partial charge is 0.350 e. The number of para-hydroxylation sites is 1. The van der Waals surface area contributed by atoms with Crippen LogP contribution in [-0.2, 0) is 6.54 Å². The molecule has 0 bridgehead atoms. The first-order valence-electron chi connectivity index (χ1n) is 9.22. The number of aryl methyl sites for hydroxylation is 1. The van der Waals surface area contributed by atoms with E-state index in [1.54, 1.807) is 18.8 Å². The number of fused-ring (bicyclic) bond motifs is 3. The molecule has 6 nitrogen and oxygen atoms in total. The van der Waals surface area contributed by atoms with Gasteiger partial charge in [0.15, 0.2) is 11.5 Å². The van der Waals surface area contributed by atoms with Gasteiger partial charge in [-0.1, -0.05) is 25.1 Å². The Kier molecular flexibility index (Phi) is 4.55. The van der Waals surface area contributed by atoms with Gasteiger partial charge in [-0.15, -0.1) is 0 Å². The van der Waals surface area contributed by atoms with Crippen LogP contribution >= 0.6 is 0 Å². The predicted molar refractivity (Wildman–Crippen MR) is 110 cm³/mol. The summed E-state index contributed by atoms with van der Waals surface area (Å²) < 4.78 is 12.7. The highest BCUT2D eigenvalue weighted by Crippen LogP contribution is 2.42. The quantitative estimate of drug-likeness (QED) is 0.742. The maximum absolute atomic E-state index is 12.7. The fourth-order valence-electron chi connectivity index (χ4n) is 3.72. The largest absolute Gasteiger partial charge is 0.493 e. The van der Waals surface area contributed by atoms with Crippen LogP contribution in [0.3, 0.4) is 0 Å². The average Bonchev–Trinajstić information content (AvgIpc) is 2.70. The Morgan fingerprint density at radius 1 is 1.11 bits per heavy atom. The SMILES string of the molecule is COc1cc2c(cc1OC)C(C)Cn1c-2cc(Nc2ccccc2C)nc1=O. The predicted octanol–water partition coefficient (Wildman–Crippen LogP) is 4.10. The highest BCUT2D eigenvalue weighted by molar-refractivity contribution is 5.74. The number of nitrogens with zero attached hydrogens (tertiary/aromatic N) is 2. The Morgan fingerprint density at radius 3 is 2.54 bits per heavy atom. The Labute approximate surface area is 163 Å². The van der Waals surface area contributed by atoms with Crippen molar-refractivity contribution in [1.29, 1.82) is 0 Å². The Hall–Kier alpha value is -3.28. The van der Waals surface area contributed by atoms with E-state index < -0.39 is 0 Å². The van der Waals surface area contributed by atoms with Gasteiger partial charge in [0.05, 0.1) is 19.9 Å². The molecule has 0 spiro atoms. The van der Waals surface area contributed by atoms with Crippen molar-refractivity contribution in [3.8, 4) is 22.8 Å². The third kappa shape index (κ3) is 3.01. The van der Waals surface area contributed by atoms with Crippen LogP contribution in [0.1, 0.15) is 24.0 Å². The molecular formula is C22H23N3O3.